The van der Waals surface area contributed by atoms with Crippen molar-refractivity contribution >= 4 is 5.91 Å². The number of nitrogens with zero attached hydrogens (tertiary/aromatic N) is 1. The lowest BCUT2D eigenvalue weighted by Crippen LogP contribution is -2.34. The highest BCUT2D eigenvalue weighted by molar-refractivity contribution is 5.93. The van der Waals surface area contributed by atoms with E-state index in [1.54, 1.807) is 0 Å². The third-order valence-corrected chi connectivity index (χ3v) is 4.45. The summed E-state index contributed by atoms with van der Waals surface area (Å²) in [7, 11) is 1.91. The summed E-state index contributed by atoms with van der Waals surface area (Å²) in [6.45, 7) is 2.12. The molecule has 1 aliphatic carbocycles. The van der Waals surface area contributed by atoms with Gasteiger partial charge in [-0.25, -0.2) is 0 Å². The van der Waals surface area contributed by atoms with Crippen molar-refractivity contribution < 1.29 is 4.79 Å². The molecule has 2 nitrogen and oxygen atoms in total. The maximum atomic E-state index is 12.7. The van der Waals surface area contributed by atoms with E-state index in [1.165, 1.54) is 11.1 Å². The molecule has 1 fully saturated rings. The summed E-state index contributed by atoms with van der Waals surface area (Å²) < 4.78 is 0. The number of likely N-dealkylation sites (tertiary alicyclic amines) is 1. The lowest BCUT2D eigenvalue weighted by Gasteiger charge is -2.27. The number of hydrogen-bond donors (Lipinski definition) is 0. The van der Waals surface area contributed by atoms with Crippen LogP contribution in [0.15, 0.2) is 54.1 Å². The molecule has 0 N–H and O–H groups in total. The van der Waals surface area contributed by atoms with Crippen LogP contribution in [-0.4, -0.2) is 23.9 Å². The van der Waals surface area contributed by atoms with Gasteiger partial charge in [-0.15, -0.1) is 0 Å². The average molecular weight is 253 g/mol. The molecule has 1 saturated heterocycles. The van der Waals surface area contributed by atoms with E-state index < -0.39 is 5.41 Å². The van der Waals surface area contributed by atoms with Gasteiger partial charge in [0.2, 0.25) is 5.91 Å². The largest absolute Gasteiger partial charge is 0.338 e. The third-order valence-electron chi connectivity index (χ3n) is 4.45. The molecule has 0 saturated carbocycles. The van der Waals surface area contributed by atoms with E-state index >= 15 is 0 Å². The zero-order valence-corrected chi connectivity index (χ0v) is 11.5. The van der Waals surface area contributed by atoms with Crippen molar-refractivity contribution in [3.05, 3.63) is 59.7 Å². The average Bonchev–Trinajstić information content (AvgIpc) is 2.63. The lowest BCUT2D eigenvalue weighted by atomic mass is 9.72. The highest BCUT2D eigenvalue weighted by Crippen LogP contribution is 2.46. The molecule has 1 aromatic rings. The number of fused-ring (bicyclic) bond motifs is 1. The first-order valence-corrected chi connectivity index (χ1v) is 6.84. The molecule has 98 valence electrons. The summed E-state index contributed by atoms with van der Waals surface area (Å²) in [4.78, 5) is 14.6. The van der Waals surface area contributed by atoms with Crippen LogP contribution in [-0.2, 0) is 11.2 Å². The van der Waals surface area contributed by atoms with Gasteiger partial charge in [-0.2, -0.15) is 0 Å². The summed E-state index contributed by atoms with van der Waals surface area (Å²) in [5, 5.41) is 0. The minimum Gasteiger partial charge on any atom is -0.338 e. The molecule has 2 aliphatic rings. The van der Waals surface area contributed by atoms with Gasteiger partial charge in [-0.05, 0) is 30.9 Å². The molecule has 2 atom stereocenters. The quantitative estimate of drug-likeness (QED) is 0.742. The van der Waals surface area contributed by atoms with Gasteiger partial charge in [0.25, 0.3) is 0 Å². The van der Waals surface area contributed by atoms with Gasteiger partial charge in [0.1, 0.15) is 0 Å². The first-order valence-electron chi connectivity index (χ1n) is 6.84. The fraction of sp³-hybridized carbons (Fsp3) is 0.353. The smallest absolute Gasteiger partial charge is 0.237 e. The van der Waals surface area contributed by atoms with E-state index in [0.717, 1.165) is 12.8 Å². The monoisotopic (exact) mass is 253 g/mol. The number of allylic oxidation sites excluding steroid dienone is 2. The second-order valence-corrected chi connectivity index (χ2v) is 5.52. The molecule has 0 bridgehead atoms. The van der Waals surface area contributed by atoms with Crippen LogP contribution in [0.25, 0.3) is 0 Å². The summed E-state index contributed by atoms with van der Waals surface area (Å²) >= 11 is 0. The Morgan fingerprint density at radius 2 is 2.05 bits per heavy atom. The Hall–Kier alpha value is -1.83. The Morgan fingerprint density at radius 3 is 2.79 bits per heavy atom. The molecule has 0 unspecified atom stereocenters. The molecule has 19 heavy (non-hydrogen) atoms. The Kier molecular flexibility index (Phi) is 2.81. The molecular weight excluding hydrogens is 234 g/mol. The standard InChI is InChI=1S/C17H19NO/c1-13-15-10-6-7-11-17(15,16(19)18(13)2)12-14-8-4-3-5-9-14/h3-5,7-11,13H,6,12H2,1-2H3/t13-,17-/m1/s1. The van der Waals surface area contributed by atoms with Crippen molar-refractivity contribution in [1.29, 1.82) is 0 Å². The molecule has 1 heterocycles. The number of amides is 1. The topological polar surface area (TPSA) is 20.3 Å². The fourth-order valence-corrected chi connectivity index (χ4v) is 3.33. The Morgan fingerprint density at radius 1 is 1.32 bits per heavy atom. The van der Waals surface area contributed by atoms with Crippen molar-refractivity contribution in [2.24, 2.45) is 5.41 Å². The van der Waals surface area contributed by atoms with Crippen molar-refractivity contribution in [3.8, 4) is 0 Å². The van der Waals surface area contributed by atoms with Crippen LogP contribution in [0.4, 0.5) is 0 Å². The maximum Gasteiger partial charge on any atom is 0.237 e. The number of benzene rings is 1. The normalized spacial score (nSPS) is 29.4. The SMILES string of the molecule is C[C@@H]1C2=CCC=C[C@]2(Cc2ccccc2)C(=O)N1C. The Balaban J connectivity index is 2.04. The number of carbonyl (C=O) groups excluding carboxylic acids is 1. The summed E-state index contributed by atoms with van der Waals surface area (Å²) in [6, 6.07) is 10.5. The van der Waals surface area contributed by atoms with Gasteiger partial charge < -0.3 is 4.90 Å². The minimum atomic E-state index is -0.437. The van der Waals surface area contributed by atoms with Gasteiger partial charge in [0, 0.05) is 7.05 Å². The third kappa shape index (κ3) is 1.74. The molecular formula is C17H19NO. The van der Waals surface area contributed by atoms with Crippen LogP contribution >= 0.6 is 0 Å². The molecule has 0 spiro atoms. The summed E-state index contributed by atoms with van der Waals surface area (Å²) in [5.41, 5.74) is 2.05. The van der Waals surface area contributed by atoms with Crippen molar-refractivity contribution in [2.45, 2.75) is 25.8 Å². The van der Waals surface area contributed by atoms with Gasteiger partial charge in [-0.3, -0.25) is 4.79 Å². The molecule has 1 aliphatic heterocycles. The minimum absolute atomic E-state index is 0.209. The van der Waals surface area contributed by atoms with Crippen LogP contribution < -0.4 is 0 Å². The number of rotatable bonds is 2. The van der Waals surface area contributed by atoms with Crippen molar-refractivity contribution in [1.82, 2.24) is 4.90 Å². The molecule has 0 radical (unpaired) electrons. The van der Waals surface area contributed by atoms with E-state index in [4.69, 9.17) is 0 Å². The van der Waals surface area contributed by atoms with Gasteiger partial charge >= 0.3 is 0 Å². The number of carbonyl (C=O) groups is 1. The Bertz CT molecular complexity index is 558. The van der Waals surface area contributed by atoms with Gasteiger partial charge in [0.15, 0.2) is 0 Å². The van der Waals surface area contributed by atoms with Crippen molar-refractivity contribution in [2.75, 3.05) is 7.05 Å². The molecule has 3 rings (SSSR count). The molecule has 1 amide bonds. The fourth-order valence-electron chi connectivity index (χ4n) is 3.33. The molecule has 2 heteroatoms. The second-order valence-electron chi connectivity index (χ2n) is 5.52. The van der Waals surface area contributed by atoms with E-state index in [1.807, 2.05) is 30.1 Å². The second kappa shape index (κ2) is 4.37. The lowest BCUT2D eigenvalue weighted by molar-refractivity contribution is -0.133. The first-order chi connectivity index (χ1) is 9.15. The van der Waals surface area contributed by atoms with Crippen LogP contribution in [0.5, 0.6) is 0 Å². The van der Waals surface area contributed by atoms with E-state index in [-0.39, 0.29) is 11.9 Å². The molecule has 0 aromatic heterocycles. The summed E-state index contributed by atoms with van der Waals surface area (Å²) in [6.07, 6.45) is 8.18. The Labute approximate surface area is 114 Å². The number of hydrogen-bond acceptors (Lipinski definition) is 1. The first kappa shape index (κ1) is 12.2. The number of likely N-dealkylation sites (N-methyl/N-ethyl adjacent to an activating group) is 1. The van der Waals surface area contributed by atoms with Crippen molar-refractivity contribution in [3.63, 3.8) is 0 Å². The highest BCUT2D eigenvalue weighted by Gasteiger charge is 2.51. The van der Waals surface area contributed by atoms with E-state index in [0.29, 0.717) is 0 Å². The van der Waals surface area contributed by atoms with Crippen LogP contribution in [0.1, 0.15) is 18.9 Å². The van der Waals surface area contributed by atoms with Gasteiger partial charge in [-0.1, -0.05) is 48.6 Å². The van der Waals surface area contributed by atoms with E-state index in [2.05, 4.69) is 37.3 Å². The van der Waals surface area contributed by atoms with Gasteiger partial charge in [0.05, 0.1) is 11.5 Å². The van der Waals surface area contributed by atoms with Crippen LogP contribution in [0.3, 0.4) is 0 Å². The van der Waals surface area contributed by atoms with E-state index in [9.17, 15) is 4.79 Å². The maximum absolute atomic E-state index is 12.7. The zero-order valence-electron chi connectivity index (χ0n) is 11.5. The highest BCUT2D eigenvalue weighted by atomic mass is 16.2. The summed E-state index contributed by atoms with van der Waals surface area (Å²) in [5.74, 6) is 0.228. The van der Waals surface area contributed by atoms with Crippen LogP contribution in [0, 0.1) is 5.41 Å². The van der Waals surface area contributed by atoms with Crippen LogP contribution in [0.2, 0.25) is 0 Å². The zero-order chi connectivity index (χ0) is 13.5. The predicted molar refractivity (Wildman–Crippen MR) is 76.7 cm³/mol. The predicted octanol–water partition coefficient (Wildman–Crippen LogP) is 2.96. The molecule has 1 aromatic carbocycles.